The predicted molar refractivity (Wildman–Crippen MR) is 82.0 cm³/mol. The molecule has 1 atom stereocenters. The number of nitrogens with zero attached hydrogens (tertiary/aromatic N) is 2. The van der Waals surface area contributed by atoms with Crippen LogP contribution in [-0.2, 0) is 14.3 Å². The van der Waals surface area contributed by atoms with E-state index in [1.54, 1.807) is 12.3 Å². The number of carbonyl (C=O) groups is 2. The Morgan fingerprint density at radius 1 is 1.21 bits per heavy atom. The molecule has 2 aromatic rings. The van der Waals surface area contributed by atoms with Crippen LogP contribution in [0.1, 0.15) is 11.8 Å². The number of carbonyl (C=O) groups excluding carboxylic acids is 2. The number of hydrogen-bond acceptors (Lipinski definition) is 7. The van der Waals surface area contributed by atoms with Crippen LogP contribution in [0.5, 0.6) is 0 Å². The molecule has 1 saturated heterocycles. The number of furan rings is 1. The lowest BCUT2D eigenvalue weighted by Gasteiger charge is -2.33. The van der Waals surface area contributed by atoms with Gasteiger partial charge >= 0.3 is 11.8 Å². The fourth-order valence-corrected chi connectivity index (χ4v) is 2.50. The maximum atomic E-state index is 12.0. The normalized spacial score (nSPS) is 16.5. The Morgan fingerprint density at radius 2 is 2.04 bits per heavy atom. The number of ether oxygens (including phenoxy) is 1. The van der Waals surface area contributed by atoms with E-state index in [0.717, 1.165) is 18.8 Å². The predicted octanol–water partition coefficient (Wildman–Crippen LogP) is 0.396. The van der Waals surface area contributed by atoms with E-state index in [1.807, 2.05) is 6.07 Å². The van der Waals surface area contributed by atoms with E-state index in [4.69, 9.17) is 9.15 Å². The van der Waals surface area contributed by atoms with Gasteiger partial charge in [0.2, 0.25) is 0 Å². The van der Waals surface area contributed by atoms with Gasteiger partial charge in [-0.2, -0.15) is 0 Å². The second kappa shape index (κ2) is 7.75. The monoisotopic (exact) mass is 334 g/mol. The molecule has 3 heterocycles. The zero-order valence-electron chi connectivity index (χ0n) is 12.9. The molecule has 0 radical (unpaired) electrons. The van der Waals surface area contributed by atoms with Crippen molar-refractivity contribution in [3.05, 3.63) is 36.5 Å². The average molecular weight is 334 g/mol. The van der Waals surface area contributed by atoms with Crippen molar-refractivity contribution in [2.75, 3.05) is 38.2 Å². The summed E-state index contributed by atoms with van der Waals surface area (Å²) in [6.45, 7) is 2.95. The number of rotatable bonds is 5. The molecule has 1 fully saturated rings. The molecule has 0 bridgehead atoms. The molecule has 9 nitrogen and oxygen atoms in total. The van der Waals surface area contributed by atoms with Gasteiger partial charge in [0, 0.05) is 25.7 Å². The van der Waals surface area contributed by atoms with E-state index in [1.165, 1.54) is 12.3 Å². The molecule has 3 rings (SSSR count). The van der Waals surface area contributed by atoms with E-state index in [2.05, 4.69) is 25.2 Å². The molecule has 0 aliphatic carbocycles. The summed E-state index contributed by atoms with van der Waals surface area (Å²) in [7, 11) is 0. The highest BCUT2D eigenvalue weighted by atomic mass is 16.5. The molecule has 0 spiro atoms. The van der Waals surface area contributed by atoms with Crippen molar-refractivity contribution >= 4 is 17.6 Å². The molecule has 0 aromatic carbocycles. The number of nitrogens with one attached hydrogen (secondary N) is 2. The Hall–Kier alpha value is -2.65. The molecule has 9 heteroatoms. The summed E-state index contributed by atoms with van der Waals surface area (Å²) in [5.41, 5.74) is 0. The van der Waals surface area contributed by atoms with E-state index in [9.17, 15) is 9.59 Å². The maximum Gasteiger partial charge on any atom is 0.314 e. The van der Waals surface area contributed by atoms with Crippen LogP contribution in [0.3, 0.4) is 0 Å². The fourth-order valence-electron chi connectivity index (χ4n) is 2.50. The van der Waals surface area contributed by atoms with E-state index in [-0.39, 0.29) is 18.4 Å². The van der Waals surface area contributed by atoms with Gasteiger partial charge < -0.3 is 19.0 Å². The first-order valence-corrected chi connectivity index (χ1v) is 7.59. The van der Waals surface area contributed by atoms with Crippen LogP contribution < -0.4 is 10.6 Å². The van der Waals surface area contributed by atoms with Gasteiger partial charge in [-0.3, -0.25) is 19.8 Å². The first-order chi connectivity index (χ1) is 11.7. The lowest BCUT2D eigenvalue weighted by atomic mass is 10.1. The molecule has 1 unspecified atom stereocenters. The first-order valence-electron chi connectivity index (χ1n) is 7.59. The van der Waals surface area contributed by atoms with Crippen molar-refractivity contribution in [3.8, 4) is 0 Å². The fraction of sp³-hybridized carbons (Fsp3) is 0.400. The van der Waals surface area contributed by atoms with Crippen molar-refractivity contribution in [1.82, 2.24) is 15.4 Å². The summed E-state index contributed by atoms with van der Waals surface area (Å²) < 4.78 is 15.4. The zero-order valence-corrected chi connectivity index (χ0v) is 12.9. The van der Waals surface area contributed by atoms with Gasteiger partial charge in [0.05, 0.1) is 25.5 Å². The highest BCUT2D eigenvalue weighted by Gasteiger charge is 2.26. The summed E-state index contributed by atoms with van der Waals surface area (Å²) in [6, 6.07) is 4.93. The number of amides is 2. The quantitative estimate of drug-likeness (QED) is 0.761. The molecule has 2 aromatic heterocycles. The van der Waals surface area contributed by atoms with Crippen molar-refractivity contribution in [2.24, 2.45) is 0 Å². The van der Waals surface area contributed by atoms with Gasteiger partial charge in [0.15, 0.2) is 5.82 Å². The third kappa shape index (κ3) is 4.00. The summed E-state index contributed by atoms with van der Waals surface area (Å²) in [4.78, 5) is 25.9. The highest BCUT2D eigenvalue weighted by Crippen LogP contribution is 2.21. The van der Waals surface area contributed by atoms with Crippen LogP contribution in [0.25, 0.3) is 0 Å². The van der Waals surface area contributed by atoms with Crippen LogP contribution in [0, 0.1) is 0 Å². The maximum absolute atomic E-state index is 12.0. The molecule has 128 valence electrons. The summed E-state index contributed by atoms with van der Waals surface area (Å²) >= 11 is 0. The largest absolute Gasteiger partial charge is 0.468 e. The molecule has 24 heavy (non-hydrogen) atoms. The number of morpholine rings is 1. The van der Waals surface area contributed by atoms with Crippen LogP contribution in [-0.4, -0.2) is 54.7 Å². The van der Waals surface area contributed by atoms with Crippen molar-refractivity contribution in [2.45, 2.75) is 6.04 Å². The highest BCUT2D eigenvalue weighted by molar-refractivity contribution is 6.39. The molecule has 0 saturated carbocycles. The average Bonchev–Trinajstić information content (AvgIpc) is 3.30. The Kier molecular flexibility index (Phi) is 5.24. The number of hydrogen-bond donors (Lipinski definition) is 2. The van der Waals surface area contributed by atoms with E-state index < -0.39 is 11.8 Å². The first kappa shape index (κ1) is 16.2. The summed E-state index contributed by atoms with van der Waals surface area (Å²) in [6.07, 6.45) is 2.89. The second-order valence-corrected chi connectivity index (χ2v) is 5.23. The van der Waals surface area contributed by atoms with E-state index >= 15 is 0 Å². The van der Waals surface area contributed by atoms with Crippen LogP contribution in [0.4, 0.5) is 5.82 Å². The minimum Gasteiger partial charge on any atom is -0.468 e. The number of anilines is 1. The third-order valence-electron chi connectivity index (χ3n) is 3.70. The topological polar surface area (TPSA) is 110 Å². The van der Waals surface area contributed by atoms with Gasteiger partial charge in [-0.25, -0.2) is 0 Å². The molecule has 2 N–H and O–H groups in total. The van der Waals surface area contributed by atoms with Gasteiger partial charge in [-0.05, 0) is 12.1 Å². The van der Waals surface area contributed by atoms with Crippen molar-refractivity contribution in [3.63, 3.8) is 0 Å². The van der Waals surface area contributed by atoms with Gasteiger partial charge in [0.25, 0.3) is 0 Å². The lowest BCUT2D eigenvalue weighted by molar-refractivity contribution is -0.136. The van der Waals surface area contributed by atoms with Crippen molar-refractivity contribution < 1.29 is 23.3 Å². The Bertz CT molecular complexity index is 649. The smallest absolute Gasteiger partial charge is 0.314 e. The van der Waals surface area contributed by atoms with Gasteiger partial charge in [0.1, 0.15) is 12.0 Å². The molecule has 1 aliphatic heterocycles. The van der Waals surface area contributed by atoms with Crippen LogP contribution in [0.15, 0.2) is 39.7 Å². The van der Waals surface area contributed by atoms with Crippen molar-refractivity contribution in [1.29, 1.82) is 0 Å². The van der Waals surface area contributed by atoms with Crippen LogP contribution >= 0.6 is 0 Å². The SMILES string of the molecule is O=C(NCC(c1ccco1)N1CCOCC1)C(=O)Nc1ccon1. The standard InChI is InChI=1S/C15H18N4O5/c20-14(15(21)17-13-3-7-24-18-13)16-10-11(12-2-1-6-23-12)19-4-8-22-9-5-19/h1-3,6-7,11H,4-5,8-10H2,(H,16,20)(H,17,18,21). The zero-order chi connectivity index (χ0) is 16.8. The number of aromatic nitrogens is 1. The minimum atomic E-state index is -0.802. The third-order valence-corrected chi connectivity index (χ3v) is 3.70. The summed E-state index contributed by atoms with van der Waals surface area (Å²) in [5.74, 6) is -0.632. The lowest BCUT2D eigenvalue weighted by Crippen LogP contribution is -2.45. The second-order valence-electron chi connectivity index (χ2n) is 5.23. The van der Waals surface area contributed by atoms with Gasteiger partial charge in [-0.15, -0.1) is 0 Å². The van der Waals surface area contributed by atoms with E-state index in [0.29, 0.717) is 13.2 Å². The van der Waals surface area contributed by atoms with Crippen LogP contribution in [0.2, 0.25) is 0 Å². The Labute approximate surface area is 137 Å². The Balaban J connectivity index is 1.58. The molecular weight excluding hydrogens is 316 g/mol. The minimum absolute atomic E-state index is 0.160. The Morgan fingerprint density at radius 3 is 2.71 bits per heavy atom. The van der Waals surface area contributed by atoms with Gasteiger partial charge in [-0.1, -0.05) is 5.16 Å². The summed E-state index contributed by atoms with van der Waals surface area (Å²) in [5, 5.41) is 8.50. The molecule has 2 amide bonds. The molecular formula is C15H18N4O5. The molecule has 1 aliphatic rings.